The van der Waals surface area contributed by atoms with Crippen LogP contribution >= 0.6 is 0 Å². The second-order valence-corrected chi connectivity index (χ2v) is 4.50. The number of ether oxygens (including phenoxy) is 1. The van der Waals surface area contributed by atoms with Gasteiger partial charge in [-0.2, -0.15) is 0 Å². The van der Waals surface area contributed by atoms with Gasteiger partial charge in [-0.15, -0.1) is 0 Å². The summed E-state index contributed by atoms with van der Waals surface area (Å²) in [6, 6.07) is -0.319. The van der Waals surface area contributed by atoms with E-state index in [1.54, 1.807) is 0 Å². The van der Waals surface area contributed by atoms with Crippen LogP contribution in [0.5, 0.6) is 0 Å². The van der Waals surface area contributed by atoms with E-state index in [0.717, 1.165) is 19.5 Å². The smallest absolute Gasteiger partial charge is 0.321 e. The average molecular weight is 215 g/mol. The summed E-state index contributed by atoms with van der Waals surface area (Å²) < 4.78 is 5.43. The molecule has 4 nitrogen and oxygen atoms in total. The number of carboxylic acids is 1. The highest BCUT2D eigenvalue weighted by Crippen LogP contribution is 2.23. The third-order valence-electron chi connectivity index (χ3n) is 2.89. The average Bonchev–Trinajstić information content (AvgIpc) is 2.46. The van der Waals surface area contributed by atoms with Crippen molar-refractivity contribution in [2.75, 3.05) is 19.7 Å². The van der Waals surface area contributed by atoms with E-state index >= 15 is 0 Å². The largest absolute Gasteiger partial charge is 0.480 e. The minimum atomic E-state index is -0.704. The first-order valence-electron chi connectivity index (χ1n) is 5.61. The van der Waals surface area contributed by atoms with Crippen molar-refractivity contribution in [3.63, 3.8) is 0 Å². The van der Waals surface area contributed by atoms with Crippen LogP contribution in [0.2, 0.25) is 0 Å². The van der Waals surface area contributed by atoms with Crippen LogP contribution in [0.3, 0.4) is 0 Å². The van der Waals surface area contributed by atoms with Crippen LogP contribution in [0.4, 0.5) is 0 Å². The van der Waals surface area contributed by atoms with Crippen molar-refractivity contribution in [3.8, 4) is 0 Å². The summed E-state index contributed by atoms with van der Waals surface area (Å²) >= 11 is 0. The molecule has 2 atom stereocenters. The molecule has 1 rings (SSSR count). The number of aliphatic carboxylic acids is 1. The maximum atomic E-state index is 11.0. The lowest BCUT2D eigenvalue weighted by Gasteiger charge is -2.23. The Labute approximate surface area is 91.2 Å². The van der Waals surface area contributed by atoms with Gasteiger partial charge in [-0.25, -0.2) is 0 Å². The third-order valence-corrected chi connectivity index (χ3v) is 2.89. The standard InChI is InChI=1S/C11H21NO3/c1-8(2)15-7-6-12-5-4-9(3)10(12)11(13)14/h8-10H,4-7H2,1-3H3,(H,13,14). The third kappa shape index (κ3) is 3.47. The summed E-state index contributed by atoms with van der Waals surface area (Å²) in [5.74, 6) is -0.453. The molecular weight excluding hydrogens is 194 g/mol. The molecule has 1 aliphatic rings. The van der Waals surface area contributed by atoms with Crippen molar-refractivity contribution >= 4 is 5.97 Å². The summed E-state index contributed by atoms with van der Waals surface area (Å²) in [5.41, 5.74) is 0. The van der Waals surface area contributed by atoms with Crippen LogP contribution in [-0.2, 0) is 9.53 Å². The molecule has 15 heavy (non-hydrogen) atoms. The van der Waals surface area contributed by atoms with E-state index in [4.69, 9.17) is 9.84 Å². The van der Waals surface area contributed by atoms with Gasteiger partial charge in [-0.1, -0.05) is 6.92 Å². The molecule has 1 N–H and O–H groups in total. The van der Waals surface area contributed by atoms with Gasteiger partial charge in [0.2, 0.25) is 0 Å². The van der Waals surface area contributed by atoms with E-state index in [1.165, 1.54) is 0 Å². The lowest BCUT2D eigenvalue weighted by Crippen LogP contribution is -2.40. The van der Waals surface area contributed by atoms with Crippen LogP contribution < -0.4 is 0 Å². The summed E-state index contributed by atoms with van der Waals surface area (Å²) in [4.78, 5) is 13.0. The first-order valence-corrected chi connectivity index (χ1v) is 5.61. The van der Waals surface area contributed by atoms with E-state index in [-0.39, 0.29) is 18.1 Å². The molecule has 0 aromatic heterocycles. The van der Waals surface area contributed by atoms with Crippen molar-refractivity contribution in [1.82, 2.24) is 4.90 Å². The Morgan fingerprint density at radius 2 is 2.27 bits per heavy atom. The van der Waals surface area contributed by atoms with Crippen LogP contribution in [-0.4, -0.2) is 47.8 Å². The lowest BCUT2D eigenvalue weighted by atomic mass is 10.0. The molecule has 1 aliphatic heterocycles. The number of rotatable bonds is 5. The molecule has 1 heterocycles. The molecule has 0 aromatic carbocycles. The Balaban J connectivity index is 2.37. The van der Waals surface area contributed by atoms with Crippen molar-refractivity contribution in [2.24, 2.45) is 5.92 Å². The van der Waals surface area contributed by atoms with Gasteiger partial charge in [-0.05, 0) is 32.7 Å². The highest BCUT2D eigenvalue weighted by Gasteiger charge is 2.36. The molecule has 0 bridgehead atoms. The minimum Gasteiger partial charge on any atom is -0.480 e. The number of hydrogen-bond donors (Lipinski definition) is 1. The van der Waals surface area contributed by atoms with E-state index in [9.17, 15) is 4.79 Å². The Kier molecular flexibility index (Phi) is 4.54. The number of likely N-dealkylation sites (tertiary alicyclic amines) is 1. The number of carbonyl (C=O) groups is 1. The monoisotopic (exact) mass is 215 g/mol. The van der Waals surface area contributed by atoms with E-state index in [2.05, 4.69) is 0 Å². The SMILES string of the molecule is CC(C)OCCN1CCC(C)C1C(=O)O. The Hall–Kier alpha value is -0.610. The van der Waals surface area contributed by atoms with Gasteiger partial charge in [0.1, 0.15) is 6.04 Å². The van der Waals surface area contributed by atoms with Crippen LogP contribution in [0.15, 0.2) is 0 Å². The zero-order valence-electron chi connectivity index (χ0n) is 9.77. The number of carboxylic acid groups (broad SMARTS) is 1. The molecule has 0 spiro atoms. The minimum absolute atomic E-state index is 0.216. The van der Waals surface area contributed by atoms with Gasteiger partial charge in [0.25, 0.3) is 0 Å². The molecule has 0 aromatic rings. The van der Waals surface area contributed by atoms with Crippen molar-refractivity contribution in [1.29, 1.82) is 0 Å². The molecular formula is C11H21NO3. The molecule has 1 fully saturated rings. The maximum absolute atomic E-state index is 11.0. The Bertz CT molecular complexity index is 218. The summed E-state index contributed by atoms with van der Waals surface area (Å²) in [5, 5.41) is 9.08. The fourth-order valence-electron chi connectivity index (χ4n) is 2.08. The fourth-order valence-corrected chi connectivity index (χ4v) is 2.08. The first-order chi connectivity index (χ1) is 7.02. The maximum Gasteiger partial charge on any atom is 0.321 e. The topological polar surface area (TPSA) is 49.8 Å². The lowest BCUT2D eigenvalue weighted by molar-refractivity contribution is -0.143. The molecule has 88 valence electrons. The summed E-state index contributed by atoms with van der Waals surface area (Å²) in [7, 11) is 0. The van der Waals surface area contributed by atoms with E-state index in [1.807, 2.05) is 25.7 Å². The predicted molar refractivity (Wildman–Crippen MR) is 57.9 cm³/mol. The highest BCUT2D eigenvalue weighted by atomic mass is 16.5. The van der Waals surface area contributed by atoms with Crippen LogP contribution in [0.1, 0.15) is 27.2 Å². The van der Waals surface area contributed by atoms with Gasteiger partial charge < -0.3 is 9.84 Å². The molecule has 0 aliphatic carbocycles. The van der Waals surface area contributed by atoms with Gasteiger partial charge >= 0.3 is 5.97 Å². The molecule has 2 unspecified atom stereocenters. The summed E-state index contributed by atoms with van der Waals surface area (Å²) in [6.45, 7) is 8.19. The molecule has 1 saturated heterocycles. The summed E-state index contributed by atoms with van der Waals surface area (Å²) in [6.07, 6.45) is 1.19. The zero-order chi connectivity index (χ0) is 11.4. The highest BCUT2D eigenvalue weighted by molar-refractivity contribution is 5.74. The zero-order valence-corrected chi connectivity index (χ0v) is 9.77. The van der Waals surface area contributed by atoms with Crippen LogP contribution in [0.25, 0.3) is 0 Å². The van der Waals surface area contributed by atoms with Crippen molar-refractivity contribution < 1.29 is 14.6 Å². The second kappa shape index (κ2) is 5.47. The molecule has 0 saturated carbocycles. The van der Waals surface area contributed by atoms with Gasteiger partial charge in [0.15, 0.2) is 0 Å². The van der Waals surface area contributed by atoms with Crippen molar-refractivity contribution in [2.45, 2.75) is 39.3 Å². The van der Waals surface area contributed by atoms with Gasteiger partial charge in [0, 0.05) is 6.54 Å². The molecule has 4 heteroatoms. The number of hydrogen-bond acceptors (Lipinski definition) is 3. The first kappa shape index (κ1) is 12.5. The molecule has 0 amide bonds. The van der Waals surface area contributed by atoms with Gasteiger partial charge in [0.05, 0.1) is 12.7 Å². The van der Waals surface area contributed by atoms with E-state index in [0.29, 0.717) is 6.61 Å². The molecule has 0 radical (unpaired) electrons. The number of nitrogens with zero attached hydrogens (tertiary/aromatic N) is 1. The van der Waals surface area contributed by atoms with E-state index < -0.39 is 5.97 Å². The van der Waals surface area contributed by atoms with Crippen LogP contribution in [0, 0.1) is 5.92 Å². The fraction of sp³-hybridized carbons (Fsp3) is 0.909. The normalized spacial score (nSPS) is 27.5. The second-order valence-electron chi connectivity index (χ2n) is 4.50. The Morgan fingerprint density at radius 3 is 2.80 bits per heavy atom. The quantitative estimate of drug-likeness (QED) is 0.749. The van der Waals surface area contributed by atoms with Gasteiger partial charge in [-0.3, -0.25) is 9.69 Å². The predicted octanol–water partition coefficient (Wildman–Crippen LogP) is 1.21. The Morgan fingerprint density at radius 1 is 1.60 bits per heavy atom. The van der Waals surface area contributed by atoms with Crippen molar-refractivity contribution in [3.05, 3.63) is 0 Å².